The van der Waals surface area contributed by atoms with E-state index >= 15 is 0 Å². The quantitative estimate of drug-likeness (QED) is 0.798. The molecule has 0 spiro atoms. The molecular formula is C23H26N4O3. The van der Waals surface area contributed by atoms with Crippen LogP contribution in [0.3, 0.4) is 0 Å². The third-order valence-corrected chi connectivity index (χ3v) is 5.61. The second kappa shape index (κ2) is 8.67. The van der Waals surface area contributed by atoms with Crippen LogP contribution in [0.5, 0.6) is 0 Å². The topological polar surface area (TPSA) is 81.8 Å². The van der Waals surface area contributed by atoms with E-state index in [1.54, 1.807) is 24.3 Å². The van der Waals surface area contributed by atoms with Gasteiger partial charge < -0.3 is 5.32 Å². The molecule has 2 aliphatic heterocycles. The van der Waals surface area contributed by atoms with Gasteiger partial charge in [0.15, 0.2) is 0 Å². The van der Waals surface area contributed by atoms with E-state index in [4.69, 9.17) is 0 Å². The van der Waals surface area contributed by atoms with Crippen LogP contribution in [-0.4, -0.2) is 48.4 Å². The van der Waals surface area contributed by atoms with E-state index in [-0.39, 0.29) is 30.8 Å². The number of anilines is 1. The average molecular weight is 406 g/mol. The lowest BCUT2D eigenvalue weighted by molar-refractivity contribution is -0.120. The molecule has 0 radical (unpaired) electrons. The smallest absolute Gasteiger partial charge is 0.328 e. The number of nitrogens with zero attached hydrogens (tertiary/aromatic N) is 2. The first-order valence-electron chi connectivity index (χ1n) is 10.3. The van der Waals surface area contributed by atoms with Gasteiger partial charge >= 0.3 is 6.03 Å². The Morgan fingerprint density at radius 1 is 1.03 bits per heavy atom. The van der Waals surface area contributed by atoms with E-state index in [0.29, 0.717) is 11.3 Å². The first kappa shape index (κ1) is 20.1. The molecule has 156 valence electrons. The molecule has 1 unspecified atom stereocenters. The number of fused-ring (bicyclic) bond motifs is 1. The number of para-hydroxylation sites is 1. The number of imide groups is 1. The van der Waals surface area contributed by atoms with Crippen molar-refractivity contribution >= 4 is 23.5 Å². The van der Waals surface area contributed by atoms with Crippen molar-refractivity contribution in [3.63, 3.8) is 0 Å². The fraction of sp³-hybridized carbons (Fsp3) is 0.348. The van der Waals surface area contributed by atoms with Crippen molar-refractivity contribution in [2.75, 3.05) is 24.5 Å². The van der Waals surface area contributed by atoms with Gasteiger partial charge in [-0.1, -0.05) is 36.4 Å². The lowest BCUT2D eigenvalue weighted by Crippen LogP contribution is -2.50. The minimum Gasteiger partial charge on any atom is -0.348 e. The minimum absolute atomic E-state index is 0.0485. The number of hydrogen-bond donors (Lipinski definition) is 2. The molecule has 2 N–H and O–H groups in total. The Bertz CT molecular complexity index is 974. The lowest BCUT2D eigenvalue weighted by atomic mass is 9.99. The predicted octanol–water partition coefficient (Wildman–Crippen LogP) is 2.31. The first-order valence-corrected chi connectivity index (χ1v) is 10.3. The Morgan fingerprint density at radius 3 is 2.57 bits per heavy atom. The molecule has 4 rings (SSSR count). The zero-order valence-corrected chi connectivity index (χ0v) is 17.1. The van der Waals surface area contributed by atoms with Crippen molar-refractivity contribution in [2.24, 2.45) is 0 Å². The van der Waals surface area contributed by atoms with Crippen LogP contribution in [0, 0.1) is 0 Å². The molecule has 2 aliphatic rings. The van der Waals surface area contributed by atoms with E-state index < -0.39 is 6.03 Å². The van der Waals surface area contributed by atoms with E-state index in [1.807, 2.05) is 6.92 Å². The van der Waals surface area contributed by atoms with Gasteiger partial charge in [-0.25, -0.2) is 4.79 Å². The molecule has 0 bridgehead atoms. The zero-order chi connectivity index (χ0) is 21.1. The highest BCUT2D eigenvalue weighted by Gasteiger charge is 2.28. The molecular weight excluding hydrogens is 380 g/mol. The largest absolute Gasteiger partial charge is 0.348 e. The van der Waals surface area contributed by atoms with Crippen LogP contribution < -0.4 is 15.5 Å². The third-order valence-electron chi connectivity index (χ3n) is 5.61. The molecule has 1 fully saturated rings. The van der Waals surface area contributed by atoms with Gasteiger partial charge in [-0.3, -0.25) is 24.7 Å². The maximum atomic E-state index is 13.0. The summed E-state index contributed by atoms with van der Waals surface area (Å²) < 4.78 is 0. The number of amides is 4. The summed E-state index contributed by atoms with van der Waals surface area (Å²) in [7, 11) is 0. The molecule has 4 amide bonds. The first-order chi connectivity index (χ1) is 14.5. The van der Waals surface area contributed by atoms with E-state index in [1.165, 1.54) is 16.0 Å². The average Bonchev–Trinajstić information content (AvgIpc) is 2.73. The van der Waals surface area contributed by atoms with Gasteiger partial charge in [0.05, 0.1) is 11.3 Å². The van der Waals surface area contributed by atoms with Gasteiger partial charge in [0.1, 0.15) is 0 Å². The molecule has 1 atom stereocenters. The maximum Gasteiger partial charge on any atom is 0.328 e. The summed E-state index contributed by atoms with van der Waals surface area (Å²) in [4.78, 5) is 40.4. The summed E-state index contributed by atoms with van der Waals surface area (Å²) in [5.41, 5.74) is 3.69. The Hall–Kier alpha value is -3.19. The molecule has 0 aliphatic carbocycles. The van der Waals surface area contributed by atoms with Crippen LogP contribution in [0.25, 0.3) is 0 Å². The van der Waals surface area contributed by atoms with Crippen molar-refractivity contribution in [1.82, 2.24) is 15.5 Å². The molecule has 1 saturated heterocycles. The SMILES string of the molecule is CC(CN1CCc2ccccc2C1)NC(=O)c1ccccc1N1CCC(=O)NC1=O. The van der Waals surface area contributed by atoms with Crippen LogP contribution >= 0.6 is 0 Å². The van der Waals surface area contributed by atoms with Crippen molar-refractivity contribution in [2.45, 2.75) is 32.4 Å². The van der Waals surface area contributed by atoms with Crippen LogP contribution in [0.4, 0.5) is 10.5 Å². The number of urea groups is 1. The van der Waals surface area contributed by atoms with Crippen molar-refractivity contribution in [1.29, 1.82) is 0 Å². The Balaban J connectivity index is 1.41. The summed E-state index contributed by atoms with van der Waals surface area (Å²) in [5, 5.41) is 5.37. The van der Waals surface area contributed by atoms with Gasteiger partial charge in [0, 0.05) is 38.6 Å². The number of benzene rings is 2. The van der Waals surface area contributed by atoms with Crippen molar-refractivity contribution in [3.05, 3.63) is 65.2 Å². The number of hydrogen-bond acceptors (Lipinski definition) is 4. The van der Waals surface area contributed by atoms with Crippen LogP contribution in [0.2, 0.25) is 0 Å². The fourth-order valence-corrected chi connectivity index (χ4v) is 4.14. The molecule has 7 nitrogen and oxygen atoms in total. The van der Waals surface area contributed by atoms with Crippen molar-refractivity contribution in [3.8, 4) is 0 Å². The molecule has 2 aromatic rings. The highest BCUT2D eigenvalue weighted by Crippen LogP contribution is 2.23. The van der Waals surface area contributed by atoms with Gasteiger partial charge in [-0.2, -0.15) is 0 Å². The van der Waals surface area contributed by atoms with Gasteiger partial charge in [-0.05, 0) is 36.6 Å². The third kappa shape index (κ3) is 4.36. The molecule has 0 saturated carbocycles. The summed E-state index contributed by atoms with van der Waals surface area (Å²) in [5.74, 6) is -0.518. The van der Waals surface area contributed by atoms with E-state index in [9.17, 15) is 14.4 Å². The molecule has 0 aromatic heterocycles. The number of carbonyl (C=O) groups excluding carboxylic acids is 3. The fourth-order valence-electron chi connectivity index (χ4n) is 4.14. The number of carbonyl (C=O) groups is 3. The highest BCUT2D eigenvalue weighted by molar-refractivity contribution is 6.09. The highest BCUT2D eigenvalue weighted by atomic mass is 16.2. The normalized spacial score (nSPS) is 17.8. The second-order valence-corrected chi connectivity index (χ2v) is 7.90. The standard InChI is InChI=1S/C23H26N4O3/c1-16(14-26-12-10-17-6-2-3-7-18(17)15-26)24-22(29)19-8-4-5-9-20(19)27-13-11-21(28)25-23(27)30/h2-9,16H,10-15H2,1H3,(H,24,29)(H,25,28,30). The van der Waals surface area contributed by atoms with E-state index in [2.05, 4.69) is 39.8 Å². The Kier molecular flexibility index (Phi) is 5.81. The number of nitrogens with one attached hydrogen (secondary N) is 2. The second-order valence-electron chi connectivity index (χ2n) is 7.90. The van der Waals surface area contributed by atoms with Gasteiger partial charge in [0.2, 0.25) is 5.91 Å². The lowest BCUT2D eigenvalue weighted by Gasteiger charge is -2.31. The van der Waals surface area contributed by atoms with Gasteiger partial charge in [0.25, 0.3) is 5.91 Å². The number of rotatable bonds is 5. The molecule has 2 heterocycles. The predicted molar refractivity (Wildman–Crippen MR) is 114 cm³/mol. The van der Waals surface area contributed by atoms with Crippen molar-refractivity contribution < 1.29 is 14.4 Å². The monoisotopic (exact) mass is 406 g/mol. The van der Waals surface area contributed by atoms with Crippen LogP contribution in [-0.2, 0) is 17.8 Å². The molecule has 30 heavy (non-hydrogen) atoms. The van der Waals surface area contributed by atoms with Crippen LogP contribution in [0.1, 0.15) is 34.8 Å². The minimum atomic E-state index is -0.494. The summed E-state index contributed by atoms with van der Waals surface area (Å²) in [6, 6.07) is 14.9. The summed E-state index contributed by atoms with van der Waals surface area (Å²) in [6.45, 7) is 4.86. The molecule has 2 aromatic carbocycles. The van der Waals surface area contributed by atoms with Gasteiger partial charge in [-0.15, -0.1) is 0 Å². The maximum absolute atomic E-state index is 13.0. The van der Waals surface area contributed by atoms with E-state index in [0.717, 1.165) is 26.1 Å². The zero-order valence-electron chi connectivity index (χ0n) is 17.1. The Morgan fingerprint density at radius 2 is 1.77 bits per heavy atom. The van der Waals surface area contributed by atoms with Crippen LogP contribution in [0.15, 0.2) is 48.5 Å². The Labute approximate surface area is 176 Å². The summed E-state index contributed by atoms with van der Waals surface area (Å²) in [6.07, 6.45) is 1.23. The molecule has 7 heteroatoms. The summed E-state index contributed by atoms with van der Waals surface area (Å²) >= 11 is 0.